The molecule has 1 amide bonds. The molecule has 18 heavy (non-hydrogen) atoms. The minimum Gasteiger partial charge on any atom is -0.396 e. The van der Waals surface area contributed by atoms with E-state index in [9.17, 15) is 4.79 Å². The third kappa shape index (κ3) is 2.39. The van der Waals surface area contributed by atoms with Crippen molar-refractivity contribution in [2.45, 2.75) is 32.7 Å². The first-order valence-corrected chi connectivity index (χ1v) is 6.32. The molecule has 0 saturated carbocycles. The summed E-state index contributed by atoms with van der Waals surface area (Å²) in [6.07, 6.45) is 2.33. The number of nitrogens with zero attached hydrogens (tertiary/aromatic N) is 2. The zero-order valence-electron chi connectivity index (χ0n) is 10.9. The quantitative estimate of drug-likeness (QED) is 0.828. The van der Waals surface area contributed by atoms with Gasteiger partial charge >= 0.3 is 0 Å². The lowest BCUT2D eigenvalue weighted by molar-refractivity contribution is 0.0995. The Morgan fingerprint density at radius 1 is 1.39 bits per heavy atom. The van der Waals surface area contributed by atoms with Crippen molar-refractivity contribution >= 4 is 17.4 Å². The number of piperidine rings is 1. The fourth-order valence-electron chi connectivity index (χ4n) is 2.41. The Morgan fingerprint density at radius 3 is 2.78 bits per heavy atom. The summed E-state index contributed by atoms with van der Waals surface area (Å²) in [7, 11) is 0. The average molecular weight is 248 g/mol. The van der Waals surface area contributed by atoms with Gasteiger partial charge in [-0.25, -0.2) is 4.98 Å². The Bertz CT molecular complexity index is 460. The second-order valence-corrected chi connectivity index (χ2v) is 5.16. The number of carbonyl (C=O) groups excluding carboxylic acids is 1. The molecule has 2 rings (SSSR count). The van der Waals surface area contributed by atoms with Crippen molar-refractivity contribution in [2.75, 3.05) is 17.2 Å². The Hall–Kier alpha value is -1.78. The predicted molar refractivity (Wildman–Crippen MR) is 72.4 cm³/mol. The molecule has 5 heteroatoms. The molecule has 0 aliphatic carbocycles. The van der Waals surface area contributed by atoms with Gasteiger partial charge in [-0.15, -0.1) is 0 Å². The van der Waals surface area contributed by atoms with Crippen molar-refractivity contribution in [3.05, 3.63) is 17.8 Å². The van der Waals surface area contributed by atoms with Gasteiger partial charge in [-0.1, -0.05) is 6.92 Å². The van der Waals surface area contributed by atoms with Crippen LogP contribution in [0.15, 0.2) is 12.1 Å². The maximum atomic E-state index is 11.2. The monoisotopic (exact) mass is 248 g/mol. The van der Waals surface area contributed by atoms with Crippen LogP contribution in [0.3, 0.4) is 0 Å². The lowest BCUT2D eigenvalue weighted by atomic mass is 9.95. The number of amides is 1. The maximum Gasteiger partial charge on any atom is 0.267 e. The molecule has 2 heterocycles. The Morgan fingerprint density at radius 2 is 2.11 bits per heavy atom. The number of hydrogen-bond acceptors (Lipinski definition) is 4. The molecule has 2 unspecified atom stereocenters. The summed E-state index contributed by atoms with van der Waals surface area (Å²) in [4.78, 5) is 17.7. The van der Waals surface area contributed by atoms with Gasteiger partial charge in [-0.3, -0.25) is 4.79 Å². The van der Waals surface area contributed by atoms with Crippen molar-refractivity contribution in [2.24, 2.45) is 11.7 Å². The zero-order chi connectivity index (χ0) is 13.3. The highest BCUT2D eigenvalue weighted by molar-refractivity contribution is 5.91. The van der Waals surface area contributed by atoms with Crippen molar-refractivity contribution < 1.29 is 4.79 Å². The van der Waals surface area contributed by atoms with Crippen LogP contribution >= 0.6 is 0 Å². The van der Waals surface area contributed by atoms with Crippen LogP contribution < -0.4 is 16.4 Å². The van der Waals surface area contributed by atoms with Gasteiger partial charge in [0.05, 0.1) is 5.69 Å². The van der Waals surface area contributed by atoms with Crippen LogP contribution in [0.25, 0.3) is 0 Å². The van der Waals surface area contributed by atoms with E-state index in [-0.39, 0.29) is 5.69 Å². The number of nitrogens with two attached hydrogens (primary N) is 2. The molecule has 1 fully saturated rings. The van der Waals surface area contributed by atoms with E-state index < -0.39 is 5.91 Å². The van der Waals surface area contributed by atoms with E-state index in [1.54, 1.807) is 12.1 Å². The highest BCUT2D eigenvalue weighted by Crippen LogP contribution is 2.29. The lowest BCUT2D eigenvalue weighted by Gasteiger charge is -2.38. The Kier molecular flexibility index (Phi) is 3.41. The molecule has 0 radical (unpaired) electrons. The van der Waals surface area contributed by atoms with E-state index in [1.165, 1.54) is 6.42 Å². The van der Waals surface area contributed by atoms with Gasteiger partial charge in [0.25, 0.3) is 5.91 Å². The van der Waals surface area contributed by atoms with Crippen LogP contribution in [0.4, 0.5) is 11.5 Å². The average Bonchev–Trinajstić information content (AvgIpc) is 2.33. The fourth-order valence-corrected chi connectivity index (χ4v) is 2.41. The molecular weight excluding hydrogens is 228 g/mol. The van der Waals surface area contributed by atoms with Crippen molar-refractivity contribution in [1.82, 2.24) is 4.98 Å². The SMILES string of the molecule is CC1CCC(C)N(c2nc(C(N)=O)ccc2N)C1. The van der Waals surface area contributed by atoms with Gasteiger partial charge in [0, 0.05) is 12.6 Å². The van der Waals surface area contributed by atoms with Crippen LogP contribution in [0.1, 0.15) is 37.2 Å². The first-order chi connectivity index (χ1) is 8.49. The molecule has 0 spiro atoms. The standard InChI is InChI=1S/C13H20N4O/c1-8-3-4-9(2)17(7-8)13-10(14)5-6-11(16-13)12(15)18/h5-6,8-9H,3-4,7,14H2,1-2H3,(H2,15,18). The molecule has 0 bridgehead atoms. The van der Waals surface area contributed by atoms with Crippen LogP contribution in [0.2, 0.25) is 0 Å². The lowest BCUT2D eigenvalue weighted by Crippen LogP contribution is -2.42. The summed E-state index contributed by atoms with van der Waals surface area (Å²) in [6.45, 7) is 5.29. The number of hydrogen-bond donors (Lipinski definition) is 2. The van der Waals surface area contributed by atoms with Gasteiger partial charge in [0.1, 0.15) is 5.69 Å². The summed E-state index contributed by atoms with van der Waals surface area (Å²) in [5, 5.41) is 0. The topological polar surface area (TPSA) is 85.2 Å². The van der Waals surface area contributed by atoms with Crippen LogP contribution in [-0.4, -0.2) is 23.5 Å². The van der Waals surface area contributed by atoms with E-state index in [0.717, 1.165) is 13.0 Å². The molecule has 1 saturated heterocycles. The van der Waals surface area contributed by atoms with Gasteiger partial charge in [0.15, 0.2) is 5.82 Å². The van der Waals surface area contributed by atoms with Gasteiger partial charge < -0.3 is 16.4 Å². The molecule has 1 aliphatic rings. The first-order valence-electron chi connectivity index (χ1n) is 6.32. The molecule has 1 aromatic heterocycles. The zero-order valence-corrected chi connectivity index (χ0v) is 10.9. The second-order valence-electron chi connectivity index (χ2n) is 5.16. The number of nitrogen functional groups attached to an aromatic ring is 1. The summed E-state index contributed by atoms with van der Waals surface area (Å²) < 4.78 is 0. The highest BCUT2D eigenvalue weighted by Gasteiger charge is 2.25. The normalized spacial score (nSPS) is 24.0. The number of carbonyl (C=O) groups is 1. The maximum absolute atomic E-state index is 11.2. The predicted octanol–water partition coefficient (Wildman–Crippen LogP) is 1.39. The summed E-state index contributed by atoms with van der Waals surface area (Å²) >= 11 is 0. The number of primary amides is 1. The van der Waals surface area contributed by atoms with Crippen molar-refractivity contribution in [1.29, 1.82) is 0 Å². The third-order valence-corrected chi connectivity index (χ3v) is 3.55. The summed E-state index contributed by atoms with van der Waals surface area (Å²) in [6, 6.07) is 3.66. The summed E-state index contributed by atoms with van der Waals surface area (Å²) in [5.41, 5.74) is 12.1. The van der Waals surface area contributed by atoms with Gasteiger partial charge in [-0.05, 0) is 37.8 Å². The van der Waals surface area contributed by atoms with E-state index in [0.29, 0.717) is 23.5 Å². The largest absolute Gasteiger partial charge is 0.396 e. The third-order valence-electron chi connectivity index (χ3n) is 3.55. The van der Waals surface area contributed by atoms with Crippen LogP contribution in [0, 0.1) is 5.92 Å². The van der Waals surface area contributed by atoms with Crippen LogP contribution in [-0.2, 0) is 0 Å². The van der Waals surface area contributed by atoms with E-state index in [4.69, 9.17) is 11.5 Å². The highest BCUT2D eigenvalue weighted by atomic mass is 16.1. The minimum absolute atomic E-state index is 0.268. The molecule has 1 aromatic rings. The Labute approximate surface area is 107 Å². The fraction of sp³-hybridized carbons (Fsp3) is 0.538. The van der Waals surface area contributed by atoms with Crippen molar-refractivity contribution in [3.8, 4) is 0 Å². The molecule has 2 atom stereocenters. The summed E-state index contributed by atoms with van der Waals surface area (Å²) in [5.74, 6) is 0.777. The molecule has 1 aliphatic heterocycles. The second kappa shape index (κ2) is 4.84. The van der Waals surface area contributed by atoms with Gasteiger partial charge in [-0.2, -0.15) is 0 Å². The Balaban J connectivity index is 2.36. The molecule has 4 N–H and O–H groups in total. The molecule has 98 valence electrons. The van der Waals surface area contributed by atoms with Gasteiger partial charge in [0.2, 0.25) is 0 Å². The molecule has 5 nitrogen and oxygen atoms in total. The first kappa shape index (κ1) is 12.7. The van der Waals surface area contributed by atoms with Crippen molar-refractivity contribution in [3.63, 3.8) is 0 Å². The molecule has 0 aromatic carbocycles. The smallest absolute Gasteiger partial charge is 0.267 e. The number of pyridine rings is 1. The minimum atomic E-state index is -0.519. The number of anilines is 2. The molecular formula is C13H20N4O. The van der Waals surface area contributed by atoms with E-state index in [1.807, 2.05) is 0 Å². The van der Waals surface area contributed by atoms with Crippen LogP contribution in [0.5, 0.6) is 0 Å². The van der Waals surface area contributed by atoms with E-state index >= 15 is 0 Å². The van der Waals surface area contributed by atoms with E-state index in [2.05, 4.69) is 23.7 Å². The number of aromatic nitrogens is 1. The number of rotatable bonds is 2.